The number of likely N-dealkylation sites (N-methyl/N-ethyl adjacent to an activating group) is 1. The van der Waals surface area contributed by atoms with Crippen molar-refractivity contribution in [2.24, 2.45) is 0 Å². The van der Waals surface area contributed by atoms with E-state index in [1.807, 2.05) is 0 Å². The van der Waals surface area contributed by atoms with Crippen LogP contribution in [0.4, 0.5) is 13.2 Å². The predicted octanol–water partition coefficient (Wildman–Crippen LogP) is 1.41. The van der Waals surface area contributed by atoms with Crippen molar-refractivity contribution in [1.29, 1.82) is 0 Å². The molecule has 0 rings (SSSR count). The number of esters is 1. The minimum Gasteiger partial charge on any atom is -0.465 e. The van der Waals surface area contributed by atoms with Crippen molar-refractivity contribution in [3.8, 4) is 0 Å². The number of hydrogen-bond donors (Lipinski definition) is 0. The number of alkyl halides is 3. The zero-order valence-electron chi connectivity index (χ0n) is 9.34. The average Bonchev–Trinajstić information content (AvgIpc) is 2.14. The maximum Gasteiger partial charge on any atom is 0.522 e. The first-order valence-electron chi connectivity index (χ1n) is 4.97. The third-order valence-corrected chi connectivity index (χ3v) is 1.78. The van der Waals surface area contributed by atoms with Gasteiger partial charge in [0.2, 0.25) is 0 Å². The number of rotatable bonds is 7. The van der Waals surface area contributed by atoms with Gasteiger partial charge in [-0.05, 0) is 13.5 Å². The molecule has 0 aromatic rings. The summed E-state index contributed by atoms with van der Waals surface area (Å²) in [5.74, 6) is -0.448. The molecule has 0 amide bonds. The van der Waals surface area contributed by atoms with Gasteiger partial charge in [-0.1, -0.05) is 6.92 Å². The van der Waals surface area contributed by atoms with Crippen molar-refractivity contribution < 1.29 is 27.4 Å². The monoisotopic (exact) mass is 243 g/mol. The minimum atomic E-state index is -4.62. The first-order valence-corrected chi connectivity index (χ1v) is 4.97. The highest BCUT2D eigenvalue weighted by Gasteiger charge is 2.28. The topological polar surface area (TPSA) is 38.8 Å². The maximum atomic E-state index is 11.7. The van der Waals surface area contributed by atoms with Crippen LogP contribution in [0.5, 0.6) is 0 Å². The SMILES string of the molecule is CCOC(=O)CN(CC)CCOC(F)(F)F. The zero-order chi connectivity index (χ0) is 12.6. The van der Waals surface area contributed by atoms with Crippen LogP contribution < -0.4 is 0 Å². The molecule has 0 aromatic carbocycles. The Bertz CT molecular complexity index is 209. The van der Waals surface area contributed by atoms with Crippen molar-refractivity contribution in [3.63, 3.8) is 0 Å². The minimum absolute atomic E-state index is 0.0223. The van der Waals surface area contributed by atoms with E-state index in [0.717, 1.165) is 0 Å². The number of nitrogens with zero attached hydrogens (tertiary/aromatic N) is 1. The molecule has 0 atom stereocenters. The highest BCUT2D eigenvalue weighted by Crippen LogP contribution is 2.15. The molecule has 0 unspecified atom stereocenters. The van der Waals surface area contributed by atoms with Crippen molar-refractivity contribution in [3.05, 3.63) is 0 Å². The fourth-order valence-corrected chi connectivity index (χ4v) is 1.03. The number of hydrogen-bond acceptors (Lipinski definition) is 4. The maximum absolute atomic E-state index is 11.7. The van der Waals surface area contributed by atoms with E-state index in [2.05, 4.69) is 9.47 Å². The van der Waals surface area contributed by atoms with Gasteiger partial charge in [-0.3, -0.25) is 14.4 Å². The smallest absolute Gasteiger partial charge is 0.465 e. The Morgan fingerprint density at radius 2 is 1.94 bits per heavy atom. The summed E-state index contributed by atoms with van der Waals surface area (Å²) >= 11 is 0. The predicted molar refractivity (Wildman–Crippen MR) is 50.8 cm³/mol. The third-order valence-electron chi connectivity index (χ3n) is 1.78. The molecule has 0 radical (unpaired) electrons. The van der Waals surface area contributed by atoms with E-state index in [4.69, 9.17) is 0 Å². The molecule has 0 saturated carbocycles. The molecule has 4 nitrogen and oxygen atoms in total. The van der Waals surface area contributed by atoms with Gasteiger partial charge in [0.1, 0.15) is 0 Å². The van der Waals surface area contributed by atoms with Crippen LogP contribution in [-0.4, -0.2) is 50.1 Å². The van der Waals surface area contributed by atoms with E-state index in [0.29, 0.717) is 6.54 Å². The summed E-state index contributed by atoms with van der Waals surface area (Å²) in [5, 5.41) is 0. The van der Waals surface area contributed by atoms with Crippen molar-refractivity contribution in [2.45, 2.75) is 20.2 Å². The second-order valence-electron chi connectivity index (χ2n) is 2.97. The zero-order valence-corrected chi connectivity index (χ0v) is 9.34. The molecule has 0 aliphatic carbocycles. The molecule has 7 heteroatoms. The van der Waals surface area contributed by atoms with Gasteiger partial charge in [0, 0.05) is 6.54 Å². The lowest BCUT2D eigenvalue weighted by Gasteiger charge is -2.19. The second kappa shape index (κ2) is 7.45. The lowest BCUT2D eigenvalue weighted by Crippen LogP contribution is -2.34. The highest BCUT2D eigenvalue weighted by atomic mass is 19.4. The molecule has 0 saturated heterocycles. The molecule has 96 valence electrons. The van der Waals surface area contributed by atoms with Gasteiger partial charge in [0.15, 0.2) is 0 Å². The fourth-order valence-electron chi connectivity index (χ4n) is 1.03. The molecule has 0 spiro atoms. The Morgan fingerprint density at radius 1 is 1.31 bits per heavy atom. The number of carbonyl (C=O) groups is 1. The van der Waals surface area contributed by atoms with Crippen LogP contribution in [-0.2, 0) is 14.3 Å². The molecular weight excluding hydrogens is 227 g/mol. The van der Waals surface area contributed by atoms with Crippen LogP contribution in [0.15, 0.2) is 0 Å². The van der Waals surface area contributed by atoms with E-state index in [1.165, 1.54) is 4.90 Å². The second-order valence-corrected chi connectivity index (χ2v) is 2.97. The lowest BCUT2D eigenvalue weighted by molar-refractivity contribution is -0.324. The van der Waals surface area contributed by atoms with Crippen LogP contribution in [0.3, 0.4) is 0 Å². The van der Waals surface area contributed by atoms with Gasteiger partial charge in [-0.2, -0.15) is 0 Å². The van der Waals surface area contributed by atoms with Crippen LogP contribution >= 0.6 is 0 Å². The van der Waals surface area contributed by atoms with Gasteiger partial charge >= 0.3 is 12.3 Å². The average molecular weight is 243 g/mol. The first-order chi connectivity index (χ1) is 7.39. The van der Waals surface area contributed by atoms with Crippen LogP contribution in [0, 0.1) is 0 Å². The molecule has 0 heterocycles. The molecule has 0 aliphatic heterocycles. The third kappa shape index (κ3) is 8.49. The molecule has 0 aliphatic rings. The Balaban J connectivity index is 3.79. The Kier molecular flexibility index (Phi) is 7.07. The van der Waals surface area contributed by atoms with Gasteiger partial charge in [-0.15, -0.1) is 13.2 Å². The molecule has 0 bridgehead atoms. The largest absolute Gasteiger partial charge is 0.522 e. The van der Waals surface area contributed by atoms with E-state index >= 15 is 0 Å². The van der Waals surface area contributed by atoms with Gasteiger partial charge in [0.25, 0.3) is 0 Å². The van der Waals surface area contributed by atoms with E-state index in [9.17, 15) is 18.0 Å². The molecule has 16 heavy (non-hydrogen) atoms. The van der Waals surface area contributed by atoms with E-state index < -0.39 is 18.9 Å². The molecular formula is C9H16F3NO3. The van der Waals surface area contributed by atoms with Crippen LogP contribution in [0.25, 0.3) is 0 Å². The lowest BCUT2D eigenvalue weighted by atomic mass is 10.4. The summed E-state index contributed by atoms with van der Waals surface area (Å²) in [6, 6.07) is 0. The summed E-state index contributed by atoms with van der Waals surface area (Å²) in [4.78, 5) is 12.6. The normalized spacial score (nSPS) is 11.9. The summed E-state index contributed by atoms with van der Waals surface area (Å²) in [6.07, 6.45) is -4.62. The van der Waals surface area contributed by atoms with Crippen LogP contribution in [0.1, 0.15) is 13.8 Å². The van der Waals surface area contributed by atoms with Gasteiger partial charge < -0.3 is 4.74 Å². The quantitative estimate of drug-likeness (QED) is 0.634. The molecule has 0 fully saturated rings. The Labute approximate surface area is 92.3 Å². The Morgan fingerprint density at radius 3 is 2.38 bits per heavy atom. The molecule has 0 aromatic heterocycles. The van der Waals surface area contributed by atoms with Gasteiger partial charge in [-0.25, -0.2) is 0 Å². The number of ether oxygens (including phenoxy) is 2. The van der Waals surface area contributed by atoms with Crippen LogP contribution in [0.2, 0.25) is 0 Å². The summed E-state index contributed by atoms with van der Waals surface area (Å²) < 4.78 is 43.3. The fraction of sp³-hybridized carbons (Fsp3) is 0.889. The number of halogens is 3. The van der Waals surface area contributed by atoms with Crippen molar-refractivity contribution >= 4 is 5.97 Å². The van der Waals surface area contributed by atoms with E-state index in [-0.39, 0.29) is 19.7 Å². The first kappa shape index (κ1) is 15.2. The van der Waals surface area contributed by atoms with Crippen molar-refractivity contribution in [2.75, 3.05) is 32.8 Å². The highest BCUT2D eigenvalue weighted by molar-refractivity contribution is 5.71. The number of carbonyl (C=O) groups excluding carboxylic acids is 1. The summed E-state index contributed by atoms with van der Waals surface area (Å²) in [6.45, 7) is 3.65. The summed E-state index contributed by atoms with van der Waals surface area (Å²) in [5.41, 5.74) is 0. The standard InChI is InChI=1S/C9H16F3NO3/c1-3-13(7-8(14)15-4-2)5-6-16-9(10,11)12/h3-7H2,1-2H3. The summed E-state index contributed by atoms with van der Waals surface area (Å²) in [7, 11) is 0. The molecule has 0 N–H and O–H groups in total. The Hall–Kier alpha value is -0.820. The van der Waals surface area contributed by atoms with Crippen molar-refractivity contribution in [1.82, 2.24) is 4.90 Å². The van der Waals surface area contributed by atoms with E-state index in [1.54, 1.807) is 13.8 Å². The van der Waals surface area contributed by atoms with Gasteiger partial charge in [0.05, 0.1) is 19.8 Å².